The molecular formula is C74H134N2O7P+. The van der Waals surface area contributed by atoms with E-state index in [2.05, 4.69) is 111 Å². The molecule has 10 heteroatoms. The van der Waals surface area contributed by atoms with Gasteiger partial charge in [0.2, 0.25) is 5.91 Å². The Morgan fingerprint density at radius 1 is 0.417 bits per heavy atom. The van der Waals surface area contributed by atoms with Crippen molar-refractivity contribution in [2.45, 2.75) is 322 Å². The quantitative estimate of drug-likeness (QED) is 0.0205. The van der Waals surface area contributed by atoms with E-state index < -0.39 is 20.0 Å². The Balaban J connectivity index is 5.13. The number of unbranched alkanes of at least 4 members (excludes halogenated alkanes) is 33. The molecule has 3 unspecified atom stereocenters. The summed E-state index contributed by atoms with van der Waals surface area (Å²) in [6.45, 7) is 6.96. The lowest BCUT2D eigenvalue weighted by molar-refractivity contribution is -0.870. The molecule has 2 N–H and O–H groups in total. The summed E-state index contributed by atoms with van der Waals surface area (Å²) in [5.41, 5.74) is 0. The second kappa shape index (κ2) is 63.0. The molecule has 0 heterocycles. The summed E-state index contributed by atoms with van der Waals surface area (Å²) in [4.78, 5) is 37.9. The zero-order valence-corrected chi connectivity index (χ0v) is 56.5. The van der Waals surface area contributed by atoms with Crippen molar-refractivity contribution in [3.05, 3.63) is 97.2 Å². The Morgan fingerprint density at radius 2 is 0.726 bits per heavy atom. The van der Waals surface area contributed by atoms with Crippen molar-refractivity contribution in [3.8, 4) is 0 Å². The molecule has 0 aromatic rings. The highest BCUT2D eigenvalue weighted by Gasteiger charge is 2.30. The Morgan fingerprint density at radius 3 is 1.11 bits per heavy atom. The van der Waals surface area contributed by atoms with Crippen LogP contribution >= 0.6 is 7.82 Å². The second-order valence-corrected chi connectivity index (χ2v) is 26.1. The fourth-order valence-corrected chi connectivity index (χ4v) is 10.5. The topological polar surface area (TPSA) is 111 Å². The van der Waals surface area contributed by atoms with E-state index in [1.165, 1.54) is 161 Å². The molecule has 0 aromatic heterocycles. The molecule has 3 atom stereocenters. The molecular weight excluding hydrogens is 1060 g/mol. The highest BCUT2D eigenvalue weighted by atomic mass is 31.2. The van der Waals surface area contributed by atoms with Crippen molar-refractivity contribution >= 4 is 19.7 Å². The number of hydrogen-bond donors (Lipinski definition) is 2. The van der Waals surface area contributed by atoms with Crippen molar-refractivity contribution < 1.29 is 37.3 Å². The first kappa shape index (κ1) is 80.9. The van der Waals surface area contributed by atoms with E-state index in [4.69, 9.17) is 13.8 Å². The third-order valence-electron chi connectivity index (χ3n) is 15.2. The van der Waals surface area contributed by atoms with Gasteiger partial charge in [0.05, 0.1) is 33.8 Å². The highest BCUT2D eigenvalue weighted by molar-refractivity contribution is 7.47. The highest BCUT2D eigenvalue weighted by Crippen LogP contribution is 2.43. The van der Waals surface area contributed by atoms with Gasteiger partial charge in [-0.15, -0.1) is 0 Å². The number of nitrogens with zero attached hydrogens (tertiary/aromatic N) is 1. The van der Waals surface area contributed by atoms with Gasteiger partial charge in [0, 0.05) is 12.8 Å². The van der Waals surface area contributed by atoms with Gasteiger partial charge in [-0.3, -0.25) is 18.6 Å². The number of rotatable bonds is 63. The fourth-order valence-electron chi connectivity index (χ4n) is 9.81. The van der Waals surface area contributed by atoms with Crippen LogP contribution in [0.25, 0.3) is 0 Å². The number of likely N-dealkylation sites (N-methyl/N-ethyl adjacent to an activating group) is 1. The maximum Gasteiger partial charge on any atom is 0.472 e. The van der Waals surface area contributed by atoms with Crippen molar-refractivity contribution in [2.75, 3.05) is 40.9 Å². The number of hydrogen-bond acceptors (Lipinski definition) is 6. The molecule has 0 saturated carbocycles. The largest absolute Gasteiger partial charge is 0.472 e. The van der Waals surface area contributed by atoms with E-state index in [0.717, 1.165) is 116 Å². The summed E-state index contributed by atoms with van der Waals surface area (Å²) in [6, 6.07) is -0.861. The molecule has 0 rings (SSSR count). The fraction of sp³-hybridized carbons (Fsp3) is 0.757. The lowest BCUT2D eigenvalue weighted by atomic mass is 10.0. The Hall–Kier alpha value is -3.07. The predicted molar refractivity (Wildman–Crippen MR) is 364 cm³/mol. The van der Waals surface area contributed by atoms with Crippen LogP contribution in [0.4, 0.5) is 0 Å². The number of carbonyl (C=O) groups is 2. The van der Waals surface area contributed by atoms with Gasteiger partial charge in [-0.05, 0) is 115 Å². The number of phosphoric acid groups is 1. The smallest absolute Gasteiger partial charge is 0.456 e. The van der Waals surface area contributed by atoms with Crippen LogP contribution in [0, 0.1) is 0 Å². The van der Waals surface area contributed by atoms with E-state index in [1.54, 1.807) is 0 Å². The van der Waals surface area contributed by atoms with Gasteiger partial charge in [0.25, 0.3) is 0 Å². The Bertz CT molecular complexity index is 1760. The van der Waals surface area contributed by atoms with Crippen molar-refractivity contribution in [2.24, 2.45) is 0 Å². The normalized spacial score (nSPS) is 14.1. The number of phosphoric ester groups is 1. The Kier molecular flexibility index (Phi) is 60.7. The zero-order valence-electron chi connectivity index (χ0n) is 55.6. The van der Waals surface area contributed by atoms with Crippen LogP contribution in [-0.2, 0) is 27.9 Å². The maximum absolute atomic E-state index is 13.6. The summed E-state index contributed by atoms with van der Waals surface area (Å²) in [5, 5.41) is 3.06. The molecule has 0 bridgehead atoms. The van der Waals surface area contributed by atoms with Crippen molar-refractivity contribution in [1.82, 2.24) is 5.32 Å². The first-order valence-corrected chi connectivity index (χ1v) is 36.6. The number of allylic oxidation sites excluding steroid dienone is 15. The molecule has 0 saturated heterocycles. The van der Waals surface area contributed by atoms with Crippen LogP contribution in [0.3, 0.4) is 0 Å². The molecule has 0 aromatic carbocycles. The van der Waals surface area contributed by atoms with E-state index in [-0.39, 0.29) is 31.5 Å². The average Bonchev–Trinajstić information content (AvgIpc) is 3.64. The van der Waals surface area contributed by atoms with Gasteiger partial charge in [-0.25, -0.2) is 4.57 Å². The van der Waals surface area contributed by atoms with Gasteiger partial charge < -0.3 is 19.4 Å². The lowest BCUT2D eigenvalue weighted by Crippen LogP contribution is -2.47. The van der Waals surface area contributed by atoms with Crippen LogP contribution in [0.1, 0.15) is 310 Å². The standard InChI is InChI=1S/C74H133N2O7P/c1-7-10-13-16-19-22-25-28-30-32-34-36-37-38-39-41-43-45-47-49-52-55-58-61-64-67-74(78)83-72(65-62-59-56-53-50-27-24-21-18-15-12-9-3)71(70-82-84(79,80)81-69-68-76(4,5)6)75-73(77)66-63-60-57-54-51-48-46-44-42-40-35-33-31-29-26-23-20-17-14-11-8-2/h19-20,22-23,28-31,34-36,38-40,62,65,71-72H,7-18,21,24-27,32-33,37,41-61,63-64,66-70H2,1-6H3,(H-,75,77,79,80)/p+1/b22-19-,23-20-,30-28-,31-29-,36-34-,39-38-,40-35-,65-62+. The molecule has 0 fully saturated rings. The number of nitrogens with one attached hydrogen (secondary N) is 1. The lowest BCUT2D eigenvalue weighted by Gasteiger charge is -2.27. The van der Waals surface area contributed by atoms with Gasteiger partial charge in [0.15, 0.2) is 0 Å². The van der Waals surface area contributed by atoms with E-state index >= 15 is 0 Å². The third kappa shape index (κ3) is 63.4. The Labute approximate surface area is 519 Å². The summed E-state index contributed by atoms with van der Waals surface area (Å²) in [5.74, 6) is -0.518. The maximum atomic E-state index is 13.6. The first-order chi connectivity index (χ1) is 40.9. The molecule has 0 aliphatic carbocycles. The minimum atomic E-state index is -4.46. The summed E-state index contributed by atoms with van der Waals surface area (Å²) in [7, 11) is 1.48. The van der Waals surface area contributed by atoms with Gasteiger partial charge in [-0.1, -0.05) is 279 Å². The average molecular weight is 1190 g/mol. The van der Waals surface area contributed by atoms with Crippen LogP contribution in [0.5, 0.6) is 0 Å². The molecule has 9 nitrogen and oxygen atoms in total. The molecule has 1 amide bonds. The molecule has 486 valence electrons. The number of amides is 1. The number of carbonyl (C=O) groups excluding carboxylic acids is 2. The van der Waals surface area contributed by atoms with Crippen LogP contribution in [0.2, 0.25) is 0 Å². The van der Waals surface area contributed by atoms with E-state index in [1.807, 2.05) is 33.3 Å². The van der Waals surface area contributed by atoms with Crippen LogP contribution in [-0.4, -0.2) is 74.3 Å². The minimum Gasteiger partial charge on any atom is -0.456 e. The predicted octanol–water partition coefficient (Wildman–Crippen LogP) is 22.3. The van der Waals surface area contributed by atoms with Gasteiger partial charge >= 0.3 is 13.8 Å². The molecule has 0 spiro atoms. The molecule has 0 aliphatic rings. The first-order valence-electron chi connectivity index (χ1n) is 35.1. The minimum absolute atomic E-state index is 0.0338. The number of quaternary nitrogens is 1. The van der Waals surface area contributed by atoms with Crippen molar-refractivity contribution in [3.63, 3.8) is 0 Å². The van der Waals surface area contributed by atoms with Gasteiger partial charge in [-0.2, -0.15) is 0 Å². The second-order valence-electron chi connectivity index (χ2n) is 24.7. The number of ether oxygens (including phenoxy) is 1. The molecule has 84 heavy (non-hydrogen) atoms. The summed E-state index contributed by atoms with van der Waals surface area (Å²) >= 11 is 0. The van der Waals surface area contributed by atoms with Crippen molar-refractivity contribution in [1.29, 1.82) is 0 Å². The molecule has 0 aliphatic heterocycles. The van der Waals surface area contributed by atoms with Crippen LogP contribution < -0.4 is 5.32 Å². The van der Waals surface area contributed by atoms with E-state index in [0.29, 0.717) is 17.4 Å². The van der Waals surface area contributed by atoms with Crippen LogP contribution in [0.15, 0.2) is 97.2 Å². The van der Waals surface area contributed by atoms with Gasteiger partial charge in [0.1, 0.15) is 19.3 Å². The third-order valence-corrected chi connectivity index (χ3v) is 16.2. The monoisotopic (exact) mass is 1190 g/mol. The summed E-state index contributed by atoms with van der Waals surface area (Å²) < 4.78 is 30.8. The SMILES string of the molecule is CCCCC/C=C\C/C=C\C/C=C\C/C=C\CCCCCCCCCCCC(=O)OC(/C=C/CCCCCCCCCCCC)C(COP(=O)(O)OCC[N+](C)(C)C)NC(=O)CCCCCCCCCC/C=C\C/C=C\C/C=C\CCCCC. The summed E-state index contributed by atoms with van der Waals surface area (Å²) in [6.07, 6.45) is 85.5. The van der Waals surface area contributed by atoms with E-state index in [9.17, 15) is 19.0 Å². The zero-order chi connectivity index (χ0) is 61.4. The molecule has 0 radical (unpaired) electrons. The number of esters is 1.